The molecule has 0 bridgehead atoms. The van der Waals surface area contributed by atoms with Gasteiger partial charge in [-0.05, 0) is 24.6 Å². The summed E-state index contributed by atoms with van der Waals surface area (Å²) in [5.41, 5.74) is 1.72. The van der Waals surface area contributed by atoms with Gasteiger partial charge in [0.2, 0.25) is 12.2 Å². The number of hydrogen-bond donors (Lipinski definition) is 0. The van der Waals surface area contributed by atoms with Gasteiger partial charge in [-0.3, -0.25) is 0 Å². The summed E-state index contributed by atoms with van der Waals surface area (Å²) in [6, 6.07) is 4.88. The molecule has 65 valence electrons. The standard InChI is InChI=1S/C9H6N2O2.K/c1-7-2-3-8(10-5-12)4-9(7)11-6-13;/h2-4H,1H3;. The molecule has 0 saturated carbocycles. The fourth-order valence-electron chi connectivity index (χ4n) is 0.890. The molecule has 0 saturated heterocycles. The molecule has 0 fully saturated rings. The minimum atomic E-state index is 0. The van der Waals surface area contributed by atoms with Crippen molar-refractivity contribution in [3.05, 3.63) is 23.8 Å². The van der Waals surface area contributed by atoms with Crippen LogP contribution < -0.4 is 0 Å². The zero-order chi connectivity index (χ0) is 9.68. The Morgan fingerprint density at radius 3 is 2.36 bits per heavy atom. The predicted molar refractivity (Wildman–Crippen MR) is 52.5 cm³/mol. The molecule has 0 aliphatic heterocycles. The van der Waals surface area contributed by atoms with Gasteiger partial charge in [-0.15, -0.1) is 0 Å². The van der Waals surface area contributed by atoms with Crippen molar-refractivity contribution in [3.63, 3.8) is 0 Å². The van der Waals surface area contributed by atoms with Gasteiger partial charge in [-0.25, -0.2) is 9.59 Å². The fourth-order valence-corrected chi connectivity index (χ4v) is 0.890. The first-order valence-electron chi connectivity index (χ1n) is 3.54. The molecule has 0 amide bonds. The number of nitrogens with zero attached hydrogens (tertiary/aromatic N) is 2. The number of carbonyl (C=O) groups excluding carboxylic acids is 2. The number of aryl methyl sites for hydroxylation is 1. The molecule has 0 unspecified atom stereocenters. The summed E-state index contributed by atoms with van der Waals surface area (Å²) in [5.74, 6) is 0. The summed E-state index contributed by atoms with van der Waals surface area (Å²) >= 11 is 0. The van der Waals surface area contributed by atoms with Crippen LogP contribution in [0.4, 0.5) is 11.4 Å². The van der Waals surface area contributed by atoms with Crippen molar-refractivity contribution >= 4 is 74.9 Å². The predicted octanol–water partition coefficient (Wildman–Crippen LogP) is 1.55. The summed E-state index contributed by atoms with van der Waals surface area (Å²) in [6.45, 7) is 1.80. The fraction of sp³-hybridized carbons (Fsp3) is 0.111. The number of aliphatic imine (C=N–C) groups is 2. The van der Waals surface area contributed by atoms with E-state index in [2.05, 4.69) is 9.98 Å². The quantitative estimate of drug-likeness (QED) is 0.425. The summed E-state index contributed by atoms with van der Waals surface area (Å²) < 4.78 is 0. The minimum Gasteiger partial charge on any atom is -0.211 e. The van der Waals surface area contributed by atoms with Crippen molar-refractivity contribution in [1.82, 2.24) is 0 Å². The van der Waals surface area contributed by atoms with Gasteiger partial charge < -0.3 is 0 Å². The van der Waals surface area contributed by atoms with Gasteiger partial charge in [-0.2, -0.15) is 9.98 Å². The smallest absolute Gasteiger partial charge is 0.211 e. The Bertz CT molecular complexity index is 419. The van der Waals surface area contributed by atoms with Gasteiger partial charge in [-0.1, -0.05) is 6.07 Å². The molecule has 1 aromatic carbocycles. The van der Waals surface area contributed by atoms with Gasteiger partial charge in [0.1, 0.15) is 0 Å². The van der Waals surface area contributed by atoms with E-state index in [0.29, 0.717) is 11.4 Å². The first-order valence-corrected chi connectivity index (χ1v) is 3.54. The average Bonchev–Trinajstić information content (AvgIpc) is 2.12. The zero-order valence-electron chi connectivity index (χ0n) is 7.94. The van der Waals surface area contributed by atoms with Crippen molar-refractivity contribution in [2.75, 3.05) is 0 Å². The second-order valence-electron chi connectivity index (χ2n) is 2.38. The van der Waals surface area contributed by atoms with Crippen molar-refractivity contribution < 1.29 is 9.59 Å². The van der Waals surface area contributed by atoms with Gasteiger partial charge >= 0.3 is 0 Å². The zero-order valence-corrected chi connectivity index (χ0v) is 11.1. The van der Waals surface area contributed by atoms with Gasteiger partial charge in [0.05, 0.1) is 11.4 Å². The SMILES string of the molecule is Cc1ccc(N=C=O)cc1N=C=O.[K]. The van der Waals surface area contributed by atoms with Crippen molar-refractivity contribution in [3.8, 4) is 0 Å². The summed E-state index contributed by atoms with van der Waals surface area (Å²) in [6.07, 6.45) is 2.84. The van der Waals surface area contributed by atoms with E-state index < -0.39 is 0 Å². The molecular formula is C9H6KN2O2. The maximum absolute atomic E-state index is 10.00. The van der Waals surface area contributed by atoms with Crippen LogP contribution in [0.15, 0.2) is 28.2 Å². The van der Waals surface area contributed by atoms with E-state index in [1.807, 2.05) is 0 Å². The Labute approximate surface area is 124 Å². The number of isocyanates is 2. The third-order valence-electron chi connectivity index (χ3n) is 1.53. The van der Waals surface area contributed by atoms with Crippen LogP contribution in [0.25, 0.3) is 0 Å². The molecular weight excluding hydrogens is 207 g/mol. The van der Waals surface area contributed by atoms with Gasteiger partial charge in [0, 0.05) is 51.4 Å². The number of hydrogen-bond acceptors (Lipinski definition) is 4. The maximum Gasteiger partial charge on any atom is 0.240 e. The topological polar surface area (TPSA) is 58.9 Å². The molecule has 0 aromatic heterocycles. The molecule has 1 radical (unpaired) electrons. The van der Waals surface area contributed by atoms with E-state index in [1.165, 1.54) is 18.2 Å². The Morgan fingerprint density at radius 2 is 1.79 bits per heavy atom. The normalized spacial score (nSPS) is 7.79. The monoisotopic (exact) mass is 213 g/mol. The molecule has 0 aliphatic rings. The van der Waals surface area contributed by atoms with Gasteiger partial charge in [0.25, 0.3) is 0 Å². The van der Waals surface area contributed by atoms with Crippen LogP contribution in [0.3, 0.4) is 0 Å². The average molecular weight is 213 g/mol. The first kappa shape index (κ1) is 13.6. The van der Waals surface area contributed by atoms with Crippen LogP contribution in [0.5, 0.6) is 0 Å². The second-order valence-corrected chi connectivity index (χ2v) is 2.38. The molecule has 0 aliphatic carbocycles. The summed E-state index contributed by atoms with van der Waals surface area (Å²) in [5, 5.41) is 0. The molecule has 0 atom stereocenters. The van der Waals surface area contributed by atoms with Crippen LogP contribution in [0.1, 0.15) is 5.56 Å². The van der Waals surface area contributed by atoms with E-state index in [9.17, 15) is 9.59 Å². The third kappa shape index (κ3) is 3.78. The first-order chi connectivity index (χ1) is 6.27. The summed E-state index contributed by atoms with van der Waals surface area (Å²) in [7, 11) is 0. The van der Waals surface area contributed by atoms with Crippen LogP contribution in [0.2, 0.25) is 0 Å². The third-order valence-corrected chi connectivity index (χ3v) is 1.53. The van der Waals surface area contributed by atoms with Crippen molar-refractivity contribution in [2.24, 2.45) is 9.98 Å². The molecule has 4 nitrogen and oxygen atoms in total. The van der Waals surface area contributed by atoms with E-state index in [1.54, 1.807) is 19.1 Å². The minimum absolute atomic E-state index is 0. The Hall–Kier alpha value is -0.384. The number of benzene rings is 1. The largest absolute Gasteiger partial charge is 0.240 e. The summed E-state index contributed by atoms with van der Waals surface area (Å²) in [4.78, 5) is 26.8. The van der Waals surface area contributed by atoms with Crippen LogP contribution in [-0.4, -0.2) is 63.5 Å². The maximum atomic E-state index is 10.00. The van der Waals surface area contributed by atoms with E-state index >= 15 is 0 Å². The molecule has 0 N–H and O–H groups in total. The van der Waals surface area contributed by atoms with E-state index in [0.717, 1.165) is 5.56 Å². The molecule has 14 heavy (non-hydrogen) atoms. The molecule has 5 heteroatoms. The van der Waals surface area contributed by atoms with Crippen molar-refractivity contribution in [1.29, 1.82) is 0 Å². The van der Waals surface area contributed by atoms with Crippen LogP contribution in [0, 0.1) is 6.92 Å². The Balaban J connectivity index is 0.00000169. The molecule has 1 aromatic rings. The molecule has 0 spiro atoms. The molecule has 1 rings (SSSR count). The second kappa shape index (κ2) is 6.98. The Kier molecular flexibility index (Phi) is 6.79. The Morgan fingerprint density at radius 1 is 1.14 bits per heavy atom. The van der Waals surface area contributed by atoms with E-state index in [-0.39, 0.29) is 51.4 Å². The van der Waals surface area contributed by atoms with E-state index in [4.69, 9.17) is 0 Å². The van der Waals surface area contributed by atoms with Crippen molar-refractivity contribution in [2.45, 2.75) is 6.92 Å². The number of rotatable bonds is 2. The molecule has 0 heterocycles. The van der Waals surface area contributed by atoms with Crippen LogP contribution >= 0.6 is 0 Å². The van der Waals surface area contributed by atoms with Crippen LogP contribution in [-0.2, 0) is 9.59 Å². The van der Waals surface area contributed by atoms with Gasteiger partial charge in [0.15, 0.2) is 0 Å².